The second-order valence-electron chi connectivity index (χ2n) is 6.58. The monoisotopic (exact) mass is 370 g/mol. The number of nitrogen functional groups attached to an aromatic ring is 1. The molecule has 2 aromatic rings. The molecule has 8 nitrogen and oxygen atoms in total. The van der Waals surface area contributed by atoms with Crippen LogP contribution in [0.4, 0.5) is 27.8 Å². The van der Waals surface area contributed by atoms with E-state index in [2.05, 4.69) is 38.4 Å². The summed E-state index contributed by atoms with van der Waals surface area (Å²) in [5.41, 5.74) is 10.1. The molecule has 0 unspecified atom stereocenters. The second-order valence-corrected chi connectivity index (χ2v) is 6.58. The van der Waals surface area contributed by atoms with Crippen LogP contribution in [0.1, 0.15) is 18.1 Å². The van der Waals surface area contributed by atoms with Crippen molar-refractivity contribution >= 4 is 29.1 Å². The number of carbonyl (C=O) groups excluding carboxylic acids is 1. The average molecular weight is 370 g/mol. The number of hydrogen-bond acceptors (Lipinski definition) is 7. The van der Waals surface area contributed by atoms with Gasteiger partial charge in [0.05, 0.1) is 6.61 Å². The Morgan fingerprint density at radius 3 is 2.67 bits per heavy atom. The number of carbonyl (C=O) groups is 1. The number of amides is 1. The molecule has 0 spiro atoms. The van der Waals surface area contributed by atoms with Crippen LogP contribution in [0.5, 0.6) is 0 Å². The fourth-order valence-electron chi connectivity index (χ4n) is 3.05. The maximum Gasteiger partial charge on any atom is 0.409 e. The van der Waals surface area contributed by atoms with Crippen molar-refractivity contribution in [3.63, 3.8) is 0 Å². The summed E-state index contributed by atoms with van der Waals surface area (Å²) in [5, 5.41) is 3.32. The third-order valence-electron chi connectivity index (χ3n) is 4.61. The molecule has 1 saturated heterocycles. The number of nitrogens with two attached hydrogens (primary N) is 1. The number of benzene rings is 1. The fraction of sp³-hybridized carbons (Fsp3) is 0.421. The van der Waals surface area contributed by atoms with E-state index in [0.717, 1.165) is 16.8 Å². The zero-order valence-electron chi connectivity index (χ0n) is 16.0. The number of nitrogens with one attached hydrogen (secondary N) is 1. The number of hydrogen-bond donors (Lipinski definition) is 2. The van der Waals surface area contributed by atoms with E-state index >= 15 is 0 Å². The molecule has 3 rings (SSSR count). The zero-order valence-corrected chi connectivity index (χ0v) is 16.0. The van der Waals surface area contributed by atoms with Crippen LogP contribution >= 0.6 is 0 Å². The molecule has 2 heterocycles. The molecule has 0 radical (unpaired) electrons. The molecule has 3 N–H and O–H groups in total. The minimum absolute atomic E-state index is 0.273. The minimum atomic E-state index is -0.273. The zero-order chi connectivity index (χ0) is 19.4. The predicted octanol–water partition coefficient (Wildman–Crippen LogP) is 2.70. The third-order valence-corrected chi connectivity index (χ3v) is 4.61. The second kappa shape index (κ2) is 8.11. The van der Waals surface area contributed by atoms with Gasteiger partial charge in [0.2, 0.25) is 0 Å². The molecule has 1 aliphatic rings. The largest absolute Gasteiger partial charge is 0.450 e. The van der Waals surface area contributed by atoms with E-state index in [9.17, 15) is 4.79 Å². The van der Waals surface area contributed by atoms with Crippen LogP contribution in [0.15, 0.2) is 24.5 Å². The number of rotatable bonds is 4. The quantitative estimate of drug-likeness (QED) is 0.854. The van der Waals surface area contributed by atoms with E-state index in [0.29, 0.717) is 50.1 Å². The molecule has 144 valence electrons. The van der Waals surface area contributed by atoms with Crippen molar-refractivity contribution in [2.45, 2.75) is 20.8 Å². The maximum atomic E-state index is 11.8. The van der Waals surface area contributed by atoms with E-state index in [1.54, 1.807) is 11.8 Å². The van der Waals surface area contributed by atoms with Gasteiger partial charge in [-0.25, -0.2) is 14.8 Å². The molecule has 1 amide bonds. The third kappa shape index (κ3) is 4.21. The van der Waals surface area contributed by atoms with Crippen molar-refractivity contribution in [2.75, 3.05) is 48.7 Å². The van der Waals surface area contributed by atoms with Crippen molar-refractivity contribution in [3.05, 3.63) is 35.7 Å². The highest BCUT2D eigenvalue weighted by atomic mass is 16.6. The maximum absolute atomic E-state index is 11.8. The highest BCUT2D eigenvalue weighted by Crippen LogP contribution is 2.30. The smallest absolute Gasteiger partial charge is 0.409 e. The van der Waals surface area contributed by atoms with Crippen LogP contribution in [0.3, 0.4) is 0 Å². The topological polar surface area (TPSA) is 96.6 Å². The first-order valence-electron chi connectivity index (χ1n) is 9.11. The van der Waals surface area contributed by atoms with E-state index in [1.807, 2.05) is 13.8 Å². The Hall–Kier alpha value is -3.03. The Morgan fingerprint density at radius 2 is 1.96 bits per heavy atom. The lowest BCUT2D eigenvalue weighted by atomic mass is 10.1. The number of nitrogens with zero attached hydrogens (tertiary/aromatic N) is 4. The molecule has 0 saturated carbocycles. The Labute approximate surface area is 159 Å². The summed E-state index contributed by atoms with van der Waals surface area (Å²) in [5.74, 6) is 1.27. The highest BCUT2D eigenvalue weighted by molar-refractivity contribution is 5.79. The lowest BCUT2D eigenvalue weighted by Gasteiger charge is -2.35. The summed E-state index contributed by atoms with van der Waals surface area (Å²) in [7, 11) is 0. The van der Waals surface area contributed by atoms with Gasteiger partial charge >= 0.3 is 6.09 Å². The number of anilines is 4. The molecule has 8 heteroatoms. The molecule has 0 bridgehead atoms. The van der Waals surface area contributed by atoms with Gasteiger partial charge in [0, 0.05) is 31.9 Å². The van der Waals surface area contributed by atoms with E-state index in [-0.39, 0.29) is 6.09 Å². The molecular formula is C19H26N6O2. The van der Waals surface area contributed by atoms with Crippen molar-refractivity contribution in [2.24, 2.45) is 0 Å². The lowest BCUT2D eigenvalue weighted by molar-refractivity contribution is 0.105. The van der Waals surface area contributed by atoms with Crippen LogP contribution in [-0.4, -0.2) is 53.7 Å². The number of aryl methyl sites for hydroxylation is 2. The fourth-order valence-corrected chi connectivity index (χ4v) is 3.05. The van der Waals surface area contributed by atoms with Crippen molar-refractivity contribution in [3.8, 4) is 0 Å². The average Bonchev–Trinajstić information content (AvgIpc) is 2.67. The Morgan fingerprint density at radius 1 is 1.22 bits per heavy atom. The van der Waals surface area contributed by atoms with Gasteiger partial charge in [0.15, 0.2) is 11.6 Å². The predicted molar refractivity (Wildman–Crippen MR) is 106 cm³/mol. The number of piperazine rings is 1. The lowest BCUT2D eigenvalue weighted by Crippen LogP contribution is -2.49. The summed E-state index contributed by atoms with van der Waals surface area (Å²) < 4.78 is 5.06. The molecule has 0 aliphatic carbocycles. The molecule has 1 aromatic carbocycles. The first kappa shape index (κ1) is 18.8. The molecular weight excluding hydrogens is 344 g/mol. The SMILES string of the molecule is CCOC(=O)N1CCN(c2ncnc(Nc3cc(C)ccc3C)c2N)CC1. The number of ether oxygens (including phenoxy) is 1. The van der Waals surface area contributed by atoms with E-state index in [1.165, 1.54) is 6.33 Å². The van der Waals surface area contributed by atoms with Gasteiger partial charge in [-0.2, -0.15) is 0 Å². The molecule has 1 fully saturated rings. The normalized spacial score (nSPS) is 14.2. The molecule has 27 heavy (non-hydrogen) atoms. The Bertz CT molecular complexity index is 818. The van der Waals surface area contributed by atoms with Gasteiger partial charge in [-0.3, -0.25) is 0 Å². The minimum Gasteiger partial charge on any atom is -0.450 e. The van der Waals surface area contributed by atoms with Crippen LogP contribution in [-0.2, 0) is 4.74 Å². The van der Waals surface area contributed by atoms with Crippen molar-refractivity contribution in [1.29, 1.82) is 0 Å². The van der Waals surface area contributed by atoms with Gasteiger partial charge < -0.3 is 25.6 Å². The Balaban J connectivity index is 1.74. The summed E-state index contributed by atoms with van der Waals surface area (Å²) in [4.78, 5) is 24.3. The first-order chi connectivity index (χ1) is 13.0. The summed E-state index contributed by atoms with van der Waals surface area (Å²) in [6, 6.07) is 6.19. The van der Waals surface area contributed by atoms with Crippen molar-refractivity contribution in [1.82, 2.24) is 14.9 Å². The van der Waals surface area contributed by atoms with E-state index in [4.69, 9.17) is 10.5 Å². The Kier molecular flexibility index (Phi) is 5.63. The van der Waals surface area contributed by atoms with Gasteiger partial charge in [0.25, 0.3) is 0 Å². The van der Waals surface area contributed by atoms with E-state index < -0.39 is 0 Å². The summed E-state index contributed by atoms with van der Waals surface area (Å²) in [6.07, 6.45) is 1.24. The molecule has 0 atom stereocenters. The highest BCUT2D eigenvalue weighted by Gasteiger charge is 2.24. The summed E-state index contributed by atoms with van der Waals surface area (Å²) >= 11 is 0. The molecule has 1 aromatic heterocycles. The van der Waals surface area contributed by atoms with Crippen LogP contribution in [0.25, 0.3) is 0 Å². The van der Waals surface area contributed by atoms with Gasteiger partial charge in [0.1, 0.15) is 12.0 Å². The van der Waals surface area contributed by atoms with Gasteiger partial charge in [-0.1, -0.05) is 12.1 Å². The van der Waals surface area contributed by atoms with Crippen LogP contribution in [0, 0.1) is 13.8 Å². The molecule has 1 aliphatic heterocycles. The van der Waals surface area contributed by atoms with Gasteiger partial charge in [-0.15, -0.1) is 0 Å². The summed E-state index contributed by atoms with van der Waals surface area (Å²) in [6.45, 7) is 8.69. The number of aromatic nitrogens is 2. The van der Waals surface area contributed by atoms with Gasteiger partial charge in [-0.05, 0) is 38.0 Å². The van der Waals surface area contributed by atoms with Crippen LogP contribution in [0.2, 0.25) is 0 Å². The standard InChI is InChI=1S/C19H26N6O2/c1-4-27-19(26)25-9-7-24(8-10-25)18-16(20)17(21-12-22-18)23-15-11-13(2)5-6-14(15)3/h5-6,11-12H,4,7-10,20H2,1-3H3,(H,21,22,23). The first-order valence-corrected chi connectivity index (χ1v) is 9.11. The van der Waals surface area contributed by atoms with Crippen LogP contribution < -0.4 is 16.0 Å². The van der Waals surface area contributed by atoms with Crippen molar-refractivity contribution < 1.29 is 9.53 Å².